The van der Waals surface area contributed by atoms with Crippen molar-refractivity contribution < 1.29 is 23.4 Å². The average molecular weight is 487 g/mol. The number of para-hydroxylation sites is 1. The quantitative estimate of drug-likeness (QED) is 0.259. The number of carbonyl (C=O) groups excluding carboxylic acids is 1. The van der Waals surface area contributed by atoms with Crippen molar-refractivity contribution in [1.29, 1.82) is 0 Å². The van der Waals surface area contributed by atoms with Gasteiger partial charge in [0.2, 0.25) is 5.88 Å². The van der Waals surface area contributed by atoms with Crippen molar-refractivity contribution in [2.45, 2.75) is 0 Å². The molecule has 0 bridgehead atoms. The first-order valence-corrected chi connectivity index (χ1v) is 11.0. The molecule has 0 saturated carbocycles. The Kier molecular flexibility index (Phi) is 6.18. The summed E-state index contributed by atoms with van der Waals surface area (Å²) < 4.78 is 23.2. The Labute approximate surface area is 204 Å². The summed E-state index contributed by atoms with van der Waals surface area (Å²) in [7, 11) is 3.13. The molecule has 36 heavy (non-hydrogen) atoms. The van der Waals surface area contributed by atoms with Gasteiger partial charge >= 0.3 is 5.63 Å². The fourth-order valence-corrected chi connectivity index (χ4v) is 3.64. The Morgan fingerprint density at radius 1 is 1.03 bits per heavy atom. The number of aromatic nitrogens is 4. The second-order valence-electron chi connectivity index (χ2n) is 7.62. The van der Waals surface area contributed by atoms with E-state index in [0.717, 1.165) is 0 Å². The SMILES string of the molecule is COc1ccc(OC)c(-c2nnc3ccc(OCCNC(=O)c4cc5ccccc5oc4=O)nn23)c1. The highest BCUT2D eigenvalue weighted by Gasteiger charge is 2.17. The number of amides is 1. The number of nitrogens with zero attached hydrogens (tertiary/aromatic N) is 4. The molecule has 2 aromatic carbocycles. The monoisotopic (exact) mass is 487 g/mol. The second-order valence-corrected chi connectivity index (χ2v) is 7.62. The Hall–Kier alpha value is -4.93. The van der Waals surface area contributed by atoms with E-state index in [2.05, 4.69) is 20.6 Å². The molecule has 3 heterocycles. The molecule has 3 aromatic heterocycles. The van der Waals surface area contributed by atoms with Crippen LogP contribution >= 0.6 is 0 Å². The van der Waals surface area contributed by atoms with Gasteiger partial charge in [-0.15, -0.1) is 15.3 Å². The van der Waals surface area contributed by atoms with Gasteiger partial charge in [-0.3, -0.25) is 4.79 Å². The van der Waals surface area contributed by atoms with Crippen LogP contribution in [0.15, 0.2) is 69.9 Å². The van der Waals surface area contributed by atoms with Gasteiger partial charge in [-0.05, 0) is 36.4 Å². The molecule has 5 rings (SSSR count). The topological polar surface area (TPSA) is 130 Å². The van der Waals surface area contributed by atoms with Crippen LogP contribution in [0, 0.1) is 0 Å². The van der Waals surface area contributed by atoms with Crippen LogP contribution in [-0.2, 0) is 0 Å². The lowest BCUT2D eigenvalue weighted by Gasteiger charge is -2.10. The molecule has 11 heteroatoms. The summed E-state index contributed by atoms with van der Waals surface area (Å²) in [4.78, 5) is 24.7. The zero-order valence-electron chi connectivity index (χ0n) is 19.4. The van der Waals surface area contributed by atoms with Crippen molar-refractivity contribution in [2.24, 2.45) is 0 Å². The summed E-state index contributed by atoms with van der Waals surface area (Å²) >= 11 is 0. The third-order valence-electron chi connectivity index (χ3n) is 5.41. The minimum atomic E-state index is -0.702. The molecule has 0 aliphatic rings. The lowest BCUT2D eigenvalue weighted by molar-refractivity contribution is 0.0943. The van der Waals surface area contributed by atoms with E-state index in [0.29, 0.717) is 45.4 Å². The summed E-state index contributed by atoms with van der Waals surface area (Å²) in [6.07, 6.45) is 0. The third kappa shape index (κ3) is 4.41. The number of methoxy groups -OCH3 is 2. The molecule has 1 amide bonds. The maximum Gasteiger partial charge on any atom is 0.349 e. The number of hydrogen-bond donors (Lipinski definition) is 1. The third-order valence-corrected chi connectivity index (χ3v) is 5.41. The molecular formula is C25H21N5O6. The van der Waals surface area contributed by atoms with Gasteiger partial charge in [0.25, 0.3) is 5.91 Å². The van der Waals surface area contributed by atoms with Crippen LogP contribution in [0.25, 0.3) is 28.0 Å². The maximum atomic E-state index is 12.5. The number of nitrogens with one attached hydrogen (secondary N) is 1. The zero-order valence-corrected chi connectivity index (χ0v) is 19.4. The van der Waals surface area contributed by atoms with Crippen molar-refractivity contribution >= 4 is 22.5 Å². The van der Waals surface area contributed by atoms with Gasteiger partial charge in [-0.2, -0.15) is 4.52 Å². The molecule has 0 fully saturated rings. The predicted molar refractivity (Wildman–Crippen MR) is 130 cm³/mol. The normalized spacial score (nSPS) is 10.9. The molecule has 0 aliphatic heterocycles. The molecule has 0 unspecified atom stereocenters. The summed E-state index contributed by atoms with van der Waals surface area (Å²) in [5, 5.41) is 16.2. The van der Waals surface area contributed by atoms with Crippen LogP contribution in [0.3, 0.4) is 0 Å². The van der Waals surface area contributed by atoms with Gasteiger partial charge in [-0.25, -0.2) is 4.79 Å². The van der Waals surface area contributed by atoms with Gasteiger partial charge in [-0.1, -0.05) is 18.2 Å². The molecular weight excluding hydrogens is 466 g/mol. The van der Waals surface area contributed by atoms with E-state index in [1.807, 2.05) is 0 Å². The molecule has 0 spiro atoms. The summed E-state index contributed by atoms with van der Waals surface area (Å²) in [5.74, 6) is 1.41. The smallest absolute Gasteiger partial charge is 0.349 e. The first-order chi connectivity index (χ1) is 17.6. The van der Waals surface area contributed by atoms with Gasteiger partial charge in [0.1, 0.15) is 29.3 Å². The number of ether oxygens (including phenoxy) is 3. The van der Waals surface area contributed by atoms with Crippen molar-refractivity contribution in [3.8, 4) is 28.8 Å². The minimum Gasteiger partial charge on any atom is -0.497 e. The van der Waals surface area contributed by atoms with Crippen LogP contribution in [0.1, 0.15) is 10.4 Å². The van der Waals surface area contributed by atoms with E-state index in [1.165, 1.54) is 10.6 Å². The zero-order chi connectivity index (χ0) is 25.1. The molecule has 182 valence electrons. The molecule has 11 nitrogen and oxygen atoms in total. The van der Waals surface area contributed by atoms with Crippen molar-refractivity contribution in [2.75, 3.05) is 27.4 Å². The van der Waals surface area contributed by atoms with Gasteiger partial charge < -0.3 is 23.9 Å². The van der Waals surface area contributed by atoms with Crippen LogP contribution in [-0.4, -0.2) is 53.1 Å². The fraction of sp³-hybridized carbons (Fsp3) is 0.160. The maximum absolute atomic E-state index is 12.5. The van der Waals surface area contributed by atoms with Crippen LogP contribution in [0.5, 0.6) is 17.4 Å². The summed E-state index contributed by atoms with van der Waals surface area (Å²) in [6.45, 7) is 0.257. The molecule has 0 radical (unpaired) electrons. The molecule has 0 saturated heterocycles. The average Bonchev–Trinajstić information content (AvgIpc) is 3.33. The lowest BCUT2D eigenvalue weighted by atomic mass is 10.2. The highest BCUT2D eigenvalue weighted by Crippen LogP contribution is 2.32. The summed E-state index contributed by atoms with van der Waals surface area (Å²) in [5.41, 5.74) is 0.805. The fourth-order valence-electron chi connectivity index (χ4n) is 3.64. The molecule has 1 N–H and O–H groups in total. The van der Waals surface area contributed by atoms with Gasteiger partial charge in [0.05, 0.1) is 26.3 Å². The van der Waals surface area contributed by atoms with Crippen LogP contribution < -0.4 is 25.2 Å². The predicted octanol–water partition coefficient (Wildman–Crippen LogP) is 2.72. The molecule has 0 atom stereocenters. The van der Waals surface area contributed by atoms with E-state index in [9.17, 15) is 9.59 Å². The van der Waals surface area contributed by atoms with Crippen molar-refractivity contribution in [3.05, 3.63) is 76.6 Å². The largest absolute Gasteiger partial charge is 0.497 e. The first kappa shape index (κ1) is 22.8. The molecule has 0 aliphatic carbocycles. The van der Waals surface area contributed by atoms with Gasteiger partial charge in [0.15, 0.2) is 11.5 Å². The Bertz CT molecular complexity index is 1630. The number of hydrogen-bond acceptors (Lipinski definition) is 9. The second kappa shape index (κ2) is 9.74. The summed E-state index contributed by atoms with van der Waals surface area (Å²) in [6, 6.07) is 17.2. The molecule has 5 aromatic rings. The Balaban J connectivity index is 1.28. The van der Waals surface area contributed by atoms with Gasteiger partial charge in [0, 0.05) is 11.5 Å². The van der Waals surface area contributed by atoms with E-state index >= 15 is 0 Å². The van der Waals surface area contributed by atoms with E-state index < -0.39 is 11.5 Å². The first-order valence-electron chi connectivity index (χ1n) is 11.0. The van der Waals surface area contributed by atoms with E-state index in [1.54, 1.807) is 68.8 Å². The van der Waals surface area contributed by atoms with E-state index in [4.69, 9.17) is 18.6 Å². The minimum absolute atomic E-state index is 0.0744. The Morgan fingerprint density at radius 2 is 1.89 bits per heavy atom. The van der Waals surface area contributed by atoms with Crippen molar-refractivity contribution in [1.82, 2.24) is 25.1 Å². The number of rotatable bonds is 8. The highest BCUT2D eigenvalue weighted by atomic mass is 16.5. The Morgan fingerprint density at radius 3 is 2.72 bits per heavy atom. The van der Waals surface area contributed by atoms with Crippen molar-refractivity contribution in [3.63, 3.8) is 0 Å². The standard InChI is InChI=1S/C25H21N5O6/c1-33-16-7-8-20(34-2)17(14-16)23-28-27-21-9-10-22(29-30(21)23)35-12-11-26-24(31)18-13-15-5-3-4-6-19(15)36-25(18)32/h3-10,13-14H,11-12H2,1-2H3,(H,26,31). The van der Waals surface area contributed by atoms with Crippen LogP contribution in [0.4, 0.5) is 0 Å². The van der Waals surface area contributed by atoms with E-state index in [-0.39, 0.29) is 18.7 Å². The highest BCUT2D eigenvalue weighted by molar-refractivity contribution is 5.96. The number of fused-ring (bicyclic) bond motifs is 2. The number of carbonyl (C=O) groups is 1. The lowest BCUT2D eigenvalue weighted by Crippen LogP contribution is -2.31. The number of benzene rings is 2. The van der Waals surface area contributed by atoms with Crippen LogP contribution in [0.2, 0.25) is 0 Å².